The number of halogens is 1. The standard InChI is InChI=1S/C14H25BrN4O/c1-3-12-14(15)13(19(4-2)18-12)9-10(17-16)8-11-6-5-7-20-11/h10-11,17H,3-9,16H2,1-2H3. The Morgan fingerprint density at radius 3 is 2.90 bits per heavy atom. The van der Waals surface area contributed by atoms with Crippen LogP contribution in [0.3, 0.4) is 0 Å². The number of aromatic nitrogens is 2. The van der Waals surface area contributed by atoms with E-state index in [0.29, 0.717) is 6.10 Å². The van der Waals surface area contributed by atoms with E-state index in [0.717, 1.165) is 49.0 Å². The second-order valence-electron chi connectivity index (χ2n) is 5.32. The first-order chi connectivity index (χ1) is 9.69. The molecule has 1 saturated heterocycles. The molecule has 1 aromatic heterocycles. The Morgan fingerprint density at radius 2 is 2.35 bits per heavy atom. The molecule has 20 heavy (non-hydrogen) atoms. The van der Waals surface area contributed by atoms with Crippen molar-refractivity contribution in [1.82, 2.24) is 15.2 Å². The Bertz CT molecular complexity index is 429. The van der Waals surface area contributed by atoms with E-state index >= 15 is 0 Å². The lowest BCUT2D eigenvalue weighted by atomic mass is 10.0. The minimum Gasteiger partial charge on any atom is -0.378 e. The molecule has 0 saturated carbocycles. The fourth-order valence-electron chi connectivity index (χ4n) is 2.80. The first-order valence-electron chi connectivity index (χ1n) is 7.51. The zero-order chi connectivity index (χ0) is 14.5. The van der Waals surface area contributed by atoms with Crippen LogP contribution in [0, 0.1) is 0 Å². The van der Waals surface area contributed by atoms with E-state index in [1.54, 1.807) is 0 Å². The quantitative estimate of drug-likeness (QED) is 0.587. The summed E-state index contributed by atoms with van der Waals surface area (Å²) in [6, 6.07) is 0.223. The van der Waals surface area contributed by atoms with Crippen LogP contribution >= 0.6 is 15.9 Å². The summed E-state index contributed by atoms with van der Waals surface area (Å²) in [5.41, 5.74) is 5.29. The molecule has 1 aromatic rings. The molecule has 6 heteroatoms. The summed E-state index contributed by atoms with van der Waals surface area (Å²) in [4.78, 5) is 0. The molecule has 2 unspecified atom stereocenters. The van der Waals surface area contributed by atoms with Crippen LogP contribution in [0.4, 0.5) is 0 Å². The highest BCUT2D eigenvalue weighted by Gasteiger charge is 2.23. The summed E-state index contributed by atoms with van der Waals surface area (Å²) < 4.78 is 8.91. The molecule has 0 radical (unpaired) electrons. The van der Waals surface area contributed by atoms with E-state index in [1.807, 2.05) is 0 Å². The van der Waals surface area contributed by atoms with E-state index in [2.05, 4.69) is 45.0 Å². The van der Waals surface area contributed by atoms with Crippen molar-refractivity contribution in [2.75, 3.05) is 6.61 Å². The van der Waals surface area contributed by atoms with Gasteiger partial charge in [-0.3, -0.25) is 16.0 Å². The van der Waals surface area contributed by atoms with Crippen LogP contribution in [0.5, 0.6) is 0 Å². The van der Waals surface area contributed by atoms with Crippen LogP contribution in [-0.2, 0) is 24.1 Å². The lowest BCUT2D eigenvalue weighted by Crippen LogP contribution is -2.39. The average Bonchev–Trinajstić information content (AvgIpc) is 3.07. The van der Waals surface area contributed by atoms with Crippen molar-refractivity contribution in [3.8, 4) is 0 Å². The molecule has 0 amide bonds. The summed E-state index contributed by atoms with van der Waals surface area (Å²) in [5, 5.41) is 4.64. The van der Waals surface area contributed by atoms with Crippen molar-refractivity contribution in [2.24, 2.45) is 5.84 Å². The zero-order valence-corrected chi connectivity index (χ0v) is 13.9. The minimum atomic E-state index is 0.223. The number of hydrogen-bond donors (Lipinski definition) is 2. The lowest BCUT2D eigenvalue weighted by molar-refractivity contribution is 0.0943. The van der Waals surface area contributed by atoms with Crippen molar-refractivity contribution < 1.29 is 4.74 Å². The van der Waals surface area contributed by atoms with Crippen LogP contribution < -0.4 is 11.3 Å². The SMILES string of the molecule is CCc1nn(CC)c(CC(CC2CCCO2)NN)c1Br. The average molecular weight is 345 g/mol. The van der Waals surface area contributed by atoms with E-state index in [9.17, 15) is 0 Å². The van der Waals surface area contributed by atoms with Gasteiger partial charge in [0, 0.05) is 25.6 Å². The van der Waals surface area contributed by atoms with Crippen molar-refractivity contribution in [3.05, 3.63) is 15.9 Å². The minimum absolute atomic E-state index is 0.223. The van der Waals surface area contributed by atoms with Gasteiger partial charge in [0.2, 0.25) is 0 Å². The Labute approximate surface area is 129 Å². The number of nitrogens with two attached hydrogens (primary N) is 1. The third-order valence-corrected chi connectivity index (χ3v) is 4.86. The molecule has 1 aliphatic rings. The number of hydrazine groups is 1. The summed E-state index contributed by atoms with van der Waals surface area (Å²) in [5.74, 6) is 5.73. The summed E-state index contributed by atoms with van der Waals surface area (Å²) in [6.45, 7) is 6.01. The van der Waals surface area contributed by atoms with Gasteiger partial charge in [-0.05, 0) is 48.5 Å². The van der Waals surface area contributed by atoms with Gasteiger partial charge in [-0.1, -0.05) is 6.92 Å². The number of ether oxygens (including phenoxy) is 1. The van der Waals surface area contributed by atoms with E-state index < -0.39 is 0 Å². The Hall–Kier alpha value is -0.430. The van der Waals surface area contributed by atoms with Crippen LogP contribution in [-0.4, -0.2) is 28.5 Å². The van der Waals surface area contributed by atoms with Crippen LogP contribution in [0.15, 0.2) is 4.47 Å². The topological polar surface area (TPSA) is 65.1 Å². The smallest absolute Gasteiger partial charge is 0.0766 e. The van der Waals surface area contributed by atoms with Crippen molar-refractivity contribution >= 4 is 15.9 Å². The van der Waals surface area contributed by atoms with Gasteiger partial charge in [0.25, 0.3) is 0 Å². The second kappa shape index (κ2) is 7.54. The highest BCUT2D eigenvalue weighted by atomic mass is 79.9. The molecule has 1 aliphatic heterocycles. The molecule has 114 valence electrons. The number of aryl methyl sites for hydroxylation is 2. The lowest BCUT2D eigenvalue weighted by Gasteiger charge is -2.20. The number of nitrogens with zero attached hydrogens (tertiary/aromatic N) is 2. The van der Waals surface area contributed by atoms with Crippen molar-refractivity contribution in [2.45, 2.75) is 64.6 Å². The van der Waals surface area contributed by atoms with Gasteiger partial charge in [0.15, 0.2) is 0 Å². The molecule has 2 heterocycles. The summed E-state index contributed by atoms with van der Waals surface area (Å²) in [6.07, 6.45) is 5.42. The van der Waals surface area contributed by atoms with E-state index in [-0.39, 0.29) is 6.04 Å². The molecule has 0 spiro atoms. The highest BCUT2D eigenvalue weighted by molar-refractivity contribution is 9.10. The predicted molar refractivity (Wildman–Crippen MR) is 83.4 cm³/mol. The summed E-state index contributed by atoms with van der Waals surface area (Å²) in [7, 11) is 0. The van der Waals surface area contributed by atoms with Gasteiger partial charge in [0.05, 0.1) is 22.0 Å². The molecular formula is C14H25BrN4O. The third-order valence-electron chi connectivity index (χ3n) is 3.94. The maximum absolute atomic E-state index is 5.73. The molecule has 0 aromatic carbocycles. The monoisotopic (exact) mass is 344 g/mol. The number of rotatable bonds is 7. The van der Waals surface area contributed by atoms with E-state index in [1.165, 1.54) is 12.1 Å². The molecular weight excluding hydrogens is 320 g/mol. The third kappa shape index (κ3) is 3.61. The van der Waals surface area contributed by atoms with E-state index in [4.69, 9.17) is 10.6 Å². The maximum atomic E-state index is 5.73. The zero-order valence-electron chi connectivity index (χ0n) is 12.4. The molecule has 5 nitrogen and oxygen atoms in total. The normalized spacial score (nSPS) is 20.5. The molecule has 1 fully saturated rings. The predicted octanol–water partition coefficient (Wildman–Crippen LogP) is 2.17. The fraction of sp³-hybridized carbons (Fsp3) is 0.786. The Balaban J connectivity index is 2.07. The van der Waals surface area contributed by atoms with Gasteiger partial charge in [0.1, 0.15) is 0 Å². The van der Waals surface area contributed by atoms with Gasteiger partial charge < -0.3 is 4.74 Å². The first kappa shape index (κ1) is 15.9. The van der Waals surface area contributed by atoms with Gasteiger partial charge in [-0.15, -0.1) is 0 Å². The molecule has 2 rings (SSSR count). The Kier molecular flexibility index (Phi) is 6.01. The number of nitrogens with one attached hydrogen (secondary N) is 1. The molecule has 3 N–H and O–H groups in total. The van der Waals surface area contributed by atoms with Crippen LogP contribution in [0.25, 0.3) is 0 Å². The number of hydrogen-bond acceptors (Lipinski definition) is 4. The van der Waals surface area contributed by atoms with Crippen LogP contribution in [0.1, 0.15) is 44.5 Å². The van der Waals surface area contributed by atoms with Gasteiger partial charge >= 0.3 is 0 Å². The van der Waals surface area contributed by atoms with Crippen molar-refractivity contribution in [1.29, 1.82) is 0 Å². The molecule has 0 aliphatic carbocycles. The van der Waals surface area contributed by atoms with Crippen molar-refractivity contribution in [3.63, 3.8) is 0 Å². The molecule has 2 atom stereocenters. The van der Waals surface area contributed by atoms with Gasteiger partial charge in [-0.25, -0.2) is 0 Å². The second-order valence-corrected chi connectivity index (χ2v) is 6.11. The fourth-order valence-corrected chi connectivity index (χ4v) is 3.53. The highest BCUT2D eigenvalue weighted by Crippen LogP contribution is 2.25. The van der Waals surface area contributed by atoms with Gasteiger partial charge in [-0.2, -0.15) is 5.10 Å². The van der Waals surface area contributed by atoms with Crippen LogP contribution in [0.2, 0.25) is 0 Å². The Morgan fingerprint density at radius 1 is 1.55 bits per heavy atom. The summed E-state index contributed by atoms with van der Waals surface area (Å²) >= 11 is 3.69. The maximum Gasteiger partial charge on any atom is 0.0766 e. The first-order valence-corrected chi connectivity index (χ1v) is 8.30. The largest absolute Gasteiger partial charge is 0.378 e. The molecule has 0 bridgehead atoms.